The number of nitrogens with one attached hydrogen (secondary N) is 1. The molecule has 3 heterocycles. The van der Waals surface area contributed by atoms with Gasteiger partial charge in [0.2, 0.25) is 0 Å². The molecule has 0 aliphatic carbocycles. The fraction of sp³-hybridized carbons (Fsp3) is 0.323. The van der Waals surface area contributed by atoms with E-state index in [2.05, 4.69) is 90.5 Å². The van der Waals surface area contributed by atoms with E-state index < -0.39 is 0 Å². The Morgan fingerprint density at radius 1 is 0.886 bits per heavy atom. The molecule has 0 spiro atoms. The van der Waals surface area contributed by atoms with Crippen molar-refractivity contribution in [1.29, 1.82) is 0 Å². The van der Waals surface area contributed by atoms with E-state index in [9.17, 15) is 0 Å². The lowest BCUT2D eigenvalue weighted by Crippen LogP contribution is -2.35. The molecule has 2 saturated heterocycles. The largest absolute Gasteiger partial charge is 0.455 e. The minimum absolute atomic E-state index is 0.592. The van der Waals surface area contributed by atoms with Crippen LogP contribution < -0.4 is 14.8 Å². The molecular formula is C31H33N2O2+. The second kappa shape index (κ2) is 9.35. The molecule has 2 unspecified atom stereocenters. The lowest BCUT2D eigenvalue weighted by atomic mass is 9.83. The first-order valence-electron chi connectivity index (χ1n) is 13.0. The molecule has 35 heavy (non-hydrogen) atoms. The fourth-order valence-corrected chi connectivity index (χ4v) is 5.81. The van der Waals surface area contributed by atoms with Crippen molar-refractivity contribution in [3.8, 4) is 28.4 Å². The van der Waals surface area contributed by atoms with E-state index in [1.807, 2.05) is 6.40 Å². The Hall–Kier alpha value is -3.37. The summed E-state index contributed by atoms with van der Waals surface area (Å²) in [4.78, 5) is 0. The molecule has 1 N–H and O–H groups in total. The van der Waals surface area contributed by atoms with Gasteiger partial charge in [-0.2, -0.15) is 0 Å². The van der Waals surface area contributed by atoms with Crippen LogP contribution in [0, 0.1) is 0 Å². The van der Waals surface area contributed by atoms with E-state index in [4.69, 9.17) is 9.47 Å². The SMILES string of the molecule is CC[N+](=COc1ccc2c(c1)Oc1c(cccc1-c1ccccc1)C2=C1CC2CCC(C1)N2)CC. The van der Waals surface area contributed by atoms with E-state index in [1.165, 1.54) is 35.1 Å². The molecule has 0 aromatic heterocycles. The van der Waals surface area contributed by atoms with Crippen molar-refractivity contribution < 1.29 is 14.0 Å². The number of fused-ring (bicyclic) bond motifs is 4. The molecule has 3 aliphatic heterocycles. The van der Waals surface area contributed by atoms with Crippen molar-refractivity contribution in [3.63, 3.8) is 0 Å². The second-order valence-corrected chi connectivity index (χ2v) is 9.78. The summed E-state index contributed by atoms with van der Waals surface area (Å²) in [5, 5.41) is 3.80. The van der Waals surface area contributed by atoms with Gasteiger partial charge in [0, 0.05) is 34.8 Å². The maximum absolute atomic E-state index is 6.70. The zero-order valence-corrected chi connectivity index (χ0v) is 20.6. The Morgan fingerprint density at radius 3 is 2.37 bits per heavy atom. The molecule has 3 aliphatic rings. The molecular weight excluding hydrogens is 432 g/mol. The van der Waals surface area contributed by atoms with Gasteiger partial charge in [-0.05, 0) is 62.8 Å². The minimum atomic E-state index is 0.592. The van der Waals surface area contributed by atoms with Crippen LogP contribution in [-0.4, -0.2) is 36.1 Å². The van der Waals surface area contributed by atoms with Gasteiger partial charge in [-0.1, -0.05) is 54.1 Å². The van der Waals surface area contributed by atoms with Crippen molar-refractivity contribution in [2.75, 3.05) is 13.1 Å². The molecule has 2 atom stereocenters. The third kappa shape index (κ3) is 4.17. The van der Waals surface area contributed by atoms with Crippen molar-refractivity contribution >= 4 is 12.0 Å². The highest BCUT2D eigenvalue weighted by Gasteiger charge is 2.35. The predicted octanol–water partition coefficient (Wildman–Crippen LogP) is 6.64. The Balaban J connectivity index is 1.49. The smallest absolute Gasteiger partial charge is 0.329 e. The average Bonchev–Trinajstić information content (AvgIpc) is 3.25. The number of ether oxygens (including phenoxy) is 2. The van der Waals surface area contributed by atoms with Crippen LogP contribution in [0.3, 0.4) is 0 Å². The topological polar surface area (TPSA) is 33.5 Å². The Bertz CT molecular complexity index is 1290. The first-order valence-corrected chi connectivity index (χ1v) is 13.0. The van der Waals surface area contributed by atoms with Crippen molar-refractivity contribution in [2.24, 2.45) is 0 Å². The molecule has 3 aromatic carbocycles. The van der Waals surface area contributed by atoms with Gasteiger partial charge in [0.05, 0.1) is 0 Å². The highest BCUT2D eigenvalue weighted by Crippen LogP contribution is 2.51. The summed E-state index contributed by atoms with van der Waals surface area (Å²) in [6.45, 7) is 6.09. The number of rotatable bonds is 5. The Labute approximate surface area is 207 Å². The summed E-state index contributed by atoms with van der Waals surface area (Å²) in [5.41, 5.74) is 7.59. The summed E-state index contributed by atoms with van der Waals surface area (Å²) in [5.74, 6) is 2.62. The van der Waals surface area contributed by atoms with Crippen LogP contribution >= 0.6 is 0 Å². The van der Waals surface area contributed by atoms with Crippen LogP contribution in [-0.2, 0) is 0 Å². The van der Waals surface area contributed by atoms with Gasteiger partial charge in [0.25, 0.3) is 0 Å². The van der Waals surface area contributed by atoms with Crippen LogP contribution in [0.1, 0.15) is 50.7 Å². The van der Waals surface area contributed by atoms with Crippen molar-refractivity contribution in [2.45, 2.75) is 51.6 Å². The molecule has 4 nitrogen and oxygen atoms in total. The van der Waals surface area contributed by atoms with Crippen LogP contribution in [0.5, 0.6) is 17.2 Å². The second-order valence-electron chi connectivity index (χ2n) is 9.78. The lowest BCUT2D eigenvalue weighted by molar-refractivity contribution is -0.521. The minimum Gasteiger partial charge on any atom is -0.455 e. The van der Waals surface area contributed by atoms with E-state index in [0.717, 1.165) is 48.7 Å². The van der Waals surface area contributed by atoms with Gasteiger partial charge in [-0.3, -0.25) is 0 Å². The Morgan fingerprint density at radius 2 is 1.63 bits per heavy atom. The zero-order chi connectivity index (χ0) is 23.8. The predicted molar refractivity (Wildman–Crippen MR) is 142 cm³/mol. The van der Waals surface area contributed by atoms with Crippen LogP contribution in [0.15, 0.2) is 72.3 Å². The first kappa shape index (κ1) is 22.1. The maximum atomic E-state index is 6.70. The highest BCUT2D eigenvalue weighted by molar-refractivity contribution is 5.93. The third-order valence-corrected chi connectivity index (χ3v) is 7.63. The van der Waals surface area contributed by atoms with Gasteiger partial charge in [-0.15, -0.1) is 0 Å². The monoisotopic (exact) mass is 465 g/mol. The zero-order valence-electron chi connectivity index (χ0n) is 20.6. The molecule has 4 heteroatoms. The van der Waals surface area contributed by atoms with Gasteiger partial charge in [-0.25, -0.2) is 4.58 Å². The lowest BCUT2D eigenvalue weighted by Gasteiger charge is -2.31. The number of benzene rings is 3. The Kier molecular flexibility index (Phi) is 5.91. The van der Waals surface area contributed by atoms with E-state index in [0.29, 0.717) is 12.1 Å². The highest BCUT2D eigenvalue weighted by atomic mass is 16.5. The van der Waals surface area contributed by atoms with Crippen LogP contribution in [0.25, 0.3) is 16.7 Å². The quantitative estimate of drug-likeness (QED) is 0.204. The number of nitrogens with zero attached hydrogens (tertiary/aromatic N) is 1. The van der Waals surface area contributed by atoms with Gasteiger partial charge >= 0.3 is 6.40 Å². The summed E-state index contributed by atoms with van der Waals surface area (Å²) in [6, 6.07) is 24.6. The summed E-state index contributed by atoms with van der Waals surface area (Å²) < 4.78 is 14.9. The molecule has 178 valence electrons. The summed E-state index contributed by atoms with van der Waals surface area (Å²) >= 11 is 0. The molecule has 0 amide bonds. The van der Waals surface area contributed by atoms with Gasteiger partial charge in [0.15, 0.2) is 0 Å². The van der Waals surface area contributed by atoms with Crippen LogP contribution in [0.2, 0.25) is 0 Å². The molecule has 2 fully saturated rings. The average molecular weight is 466 g/mol. The summed E-state index contributed by atoms with van der Waals surface area (Å²) in [6.07, 6.45) is 6.58. The molecule has 0 saturated carbocycles. The molecule has 0 radical (unpaired) electrons. The van der Waals surface area contributed by atoms with E-state index >= 15 is 0 Å². The van der Waals surface area contributed by atoms with E-state index in [-0.39, 0.29) is 0 Å². The summed E-state index contributed by atoms with van der Waals surface area (Å²) in [7, 11) is 0. The first-order chi connectivity index (χ1) is 17.2. The van der Waals surface area contributed by atoms with Crippen LogP contribution in [0.4, 0.5) is 0 Å². The number of piperidine rings is 1. The van der Waals surface area contributed by atoms with Gasteiger partial charge in [0.1, 0.15) is 30.3 Å². The number of hydrogen-bond donors (Lipinski definition) is 1. The number of para-hydroxylation sites is 1. The van der Waals surface area contributed by atoms with Gasteiger partial charge < -0.3 is 14.8 Å². The third-order valence-electron chi connectivity index (χ3n) is 7.63. The number of hydrogen-bond acceptors (Lipinski definition) is 3. The molecule has 6 rings (SSSR count). The maximum Gasteiger partial charge on any atom is 0.329 e. The van der Waals surface area contributed by atoms with Crippen molar-refractivity contribution in [1.82, 2.24) is 5.32 Å². The van der Waals surface area contributed by atoms with E-state index in [1.54, 1.807) is 5.57 Å². The van der Waals surface area contributed by atoms with Crippen molar-refractivity contribution in [3.05, 3.63) is 83.4 Å². The fourth-order valence-electron chi connectivity index (χ4n) is 5.81. The normalized spacial score (nSPS) is 20.1. The molecule has 2 bridgehead atoms. The standard InChI is InChI=1S/C31H33N2O2/c1-3-33(4-2)20-34-25-15-16-27-29(19-25)35-31-26(21-9-6-5-7-10-21)11-8-12-28(31)30(27)22-17-23-13-14-24(18-22)32-23/h5-12,15-16,19-20,23-24,32H,3-4,13-14,17-18H2,1-2H3/q+1. The molecule has 3 aromatic rings.